The van der Waals surface area contributed by atoms with E-state index in [9.17, 15) is 0 Å². The fourth-order valence-electron chi connectivity index (χ4n) is 3.36. The van der Waals surface area contributed by atoms with Crippen LogP contribution >= 0.6 is 15.9 Å². The highest BCUT2D eigenvalue weighted by Crippen LogP contribution is 2.34. The van der Waals surface area contributed by atoms with Crippen molar-refractivity contribution >= 4 is 38.5 Å². The van der Waals surface area contributed by atoms with Crippen molar-refractivity contribution in [1.82, 2.24) is 15.0 Å². The lowest BCUT2D eigenvalue weighted by atomic mass is 10.00. The second kappa shape index (κ2) is 8.77. The van der Waals surface area contributed by atoms with Crippen LogP contribution in [-0.4, -0.2) is 42.3 Å². The minimum Gasteiger partial charge on any atom is -0.383 e. The largest absolute Gasteiger partial charge is 0.383 e. The van der Waals surface area contributed by atoms with Crippen LogP contribution in [0.1, 0.15) is 0 Å². The van der Waals surface area contributed by atoms with Crippen LogP contribution in [0.4, 0.5) is 11.5 Å². The number of halogens is 1. The maximum absolute atomic E-state index is 6.20. The monoisotopic (exact) mass is 463 g/mol. The predicted octanol–water partition coefficient (Wildman–Crippen LogP) is 4.79. The predicted molar refractivity (Wildman–Crippen MR) is 125 cm³/mol. The SMILES string of the molecule is COCCN(C)c1ccc(-c2cc(-c3cccc(Br)c3)c3c(N)ncnc3n2)cc1. The fourth-order valence-corrected chi connectivity index (χ4v) is 3.76. The summed E-state index contributed by atoms with van der Waals surface area (Å²) in [5.74, 6) is 0.421. The van der Waals surface area contributed by atoms with Gasteiger partial charge in [-0.1, -0.05) is 40.2 Å². The minimum atomic E-state index is 0.421. The van der Waals surface area contributed by atoms with Crippen molar-refractivity contribution in [2.45, 2.75) is 0 Å². The van der Waals surface area contributed by atoms with Gasteiger partial charge in [0.1, 0.15) is 12.1 Å². The first-order valence-corrected chi connectivity index (χ1v) is 10.3. The lowest BCUT2D eigenvalue weighted by Crippen LogP contribution is -2.21. The van der Waals surface area contributed by atoms with Crippen LogP contribution in [-0.2, 0) is 4.74 Å². The summed E-state index contributed by atoms with van der Waals surface area (Å²) in [7, 11) is 3.76. The molecule has 152 valence electrons. The van der Waals surface area contributed by atoms with Crippen LogP contribution in [0.15, 0.2) is 65.4 Å². The highest BCUT2D eigenvalue weighted by molar-refractivity contribution is 9.10. The molecule has 0 saturated carbocycles. The van der Waals surface area contributed by atoms with Crippen molar-refractivity contribution in [3.8, 4) is 22.4 Å². The zero-order valence-electron chi connectivity index (χ0n) is 16.8. The molecule has 0 aliphatic rings. The molecule has 0 amide bonds. The molecule has 2 heterocycles. The van der Waals surface area contributed by atoms with Gasteiger partial charge in [-0.05, 0) is 41.5 Å². The normalized spacial score (nSPS) is 11.0. The Morgan fingerprint density at radius 1 is 1.03 bits per heavy atom. The van der Waals surface area contributed by atoms with Crippen LogP contribution in [0.3, 0.4) is 0 Å². The molecule has 6 nitrogen and oxygen atoms in total. The Balaban J connectivity index is 1.81. The van der Waals surface area contributed by atoms with Gasteiger partial charge in [-0.25, -0.2) is 15.0 Å². The number of pyridine rings is 1. The van der Waals surface area contributed by atoms with Crippen LogP contribution in [0.25, 0.3) is 33.4 Å². The van der Waals surface area contributed by atoms with E-state index in [-0.39, 0.29) is 0 Å². The van der Waals surface area contributed by atoms with Crippen LogP contribution in [0, 0.1) is 0 Å². The number of hydrogen-bond donors (Lipinski definition) is 1. The van der Waals surface area contributed by atoms with Crippen LogP contribution in [0.2, 0.25) is 0 Å². The van der Waals surface area contributed by atoms with Crippen molar-refractivity contribution in [2.75, 3.05) is 37.9 Å². The summed E-state index contributed by atoms with van der Waals surface area (Å²) in [6.45, 7) is 1.51. The summed E-state index contributed by atoms with van der Waals surface area (Å²) in [5.41, 5.74) is 11.7. The first kappa shape index (κ1) is 20.3. The number of nitrogens with zero attached hydrogens (tertiary/aromatic N) is 4. The average molecular weight is 464 g/mol. The first-order chi connectivity index (χ1) is 14.6. The summed E-state index contributed by atoms with van der Waals surface area (Å²) in [6, 6.07) is 18.5. The van der Waals surface area contributed by atoms with Gasteiger partial charge in [0.2, 0.25) is 0 Å². The molecule has 0 aliphatic carbocycles. The number of hydrogen-bond acceptors (Lipinski definition) is 6. The number of aromatic nitrogens is 3. The molecule has 2 aromatic carbocycles. The highest BCUT2D eigenvalue weighted by atomic mass is 79.9. The molecule has 4 rings (SSSR count). The van der Waals surface area contributed by atoms with Gasteiger partial charge < -0.3 is 15.4 Å². The summed E-state index contributed by atoms with van der Waals surface area (Å²) < 4.78 is 6.15. The Bertz CT molecular complexity index is 1180. The number of likely N-dealkylation sites (N-methyl/N-ethyl adjacent to an activating group) is 1. The molecular formula is C23H22BrN5O. The summed E-state index contributed by atoms with van der Waals surface area (Å²) >= 11 is 3.55. The Morgan fingerprint density at radius 2 is 1.83 bits per heavy atom. The summed E-state index contributed by atoms with van der Waals surface area (Å²) in [5, 5.41) is 0.760. The molecule has 0 aliphatic heterocycles. The summed E-state index contributed by atoms with van der Waals surface area (Å²) in [4.78, 5) is 15.5. The van der Waals surface area contributed by atoms with Gasteiger partial charge in [-0.2, -0.15) is 0 Å². The number of benzene rings is 2. The van der Waals surface area contributed by atoms with Crippen molar-refractivity contribution in [3.63, 3.8) is 0 Å². The lowest BCUT2D eigenvalue weighted by Gasteiger charge is -2.19. The maximum atomic E-state index is 6.20. The zero-order chi connectivity index (χ0) is 21.1. The van der Waals surface area contributed by atoms with Gasteiger partial charge in [0.05, 0.1) is 17.7 Å². The molecule has 0 bridgehead atoms. The molecule has 7 heteroatoms. The van der Waals surface area contributed by atoms with Crippen molar-refractivity contribution in [3.05, 3.63) is 65.4 Å². The van der Waals surface area contributed by atoms with E-state index in [1.165, 1.54) is 6.33 Å². The van der Waals surface area contributed by atoms with Crippen LogP contribution < -0.4 is 10.6 Å². The number of ether oxygens (including phenoxy) is 1. The Labute approximate surface area is 183 Å². The van der Waals surface area contributed by atoms with E-state index >= 15 is 0 Å². The van der Waals surface area contributed by atoms with Crippen molar-refractivity contribution < 1.29 is 4.74 Å². The molecule has 30 heavy (non-hydrogen) atoms. The number of nitrogen functional groups attached to an aromatic ring is 1. The van der Waals surface area contributed by atoms with Crippen LogP contribution in [0.5, 0.6) is 0 Å². The van der Waals surface area contributed by atoms with Gasteiger partial charge >= 0.3 is 0 Å². The average Bonchev–Trinajstić information content (AvgIpc) is 2.77. The third-order valence-electron chi connectivity index (χ3n) is 5.00. The molecule has 0 atom stereocenters. The topological polar surface area (TPSA) is 77.2 Å². The zero-order valence-corrected chi connectivity index (χ0v) is 18.4. The second-order valence-corrected chi connectivity index (χ2v) is 7.90. The maximum Gasteiger partial charge on any atom is 0.165 e. The second-order valence-electron chi connectivity index (χ2n) is 6.98. The molecular weight excluding hydrogens is 442 g/mol. The van der Waals surface area contributed by atoms with E-state index in [4.69, 9.17) is 15.5 Å². The van der Waals surface area contributed by atoms with E-state index in [1.807, 2.05) is 31.3 Å². The lowest BCUT2D eigenvalue weighted by molar-refractivity contribution is 0.206. The first-order valence-electron chi connectivity index (χ1n) is 9.54. The Morgan fingerprint density at radius 3 is 2.57 bits per heavy atom. The molecule has 0 spiro atoms. The smallest absolute Gasteiger partial charge is 0.165 e. The molecule has 0 unspecified atom stereocenters. The quantitative estimate of drug-likeness (QED) is 0.442. The number of rotatable bonds is 6. The number of fused-ring (bicyclic) bond motifs is 1. The van der Waals surface area contributed by atoms with Crippen molar-refractivity contribution in [1.29, 1.82) is 0 Å². The number of nitrogens with two attached hydrogens (primary N) is 1. The van der Waals surface area contributed by atoms with Gasteiger partial charge in [0.15, 0.2) is 5.65 Å². The highest BCUT2D eigenvalue weighted by Gasteiger charge is 2.14. The van der Waals surface area contributed by atoms with Crippen molar-refractivity contribution in [2.24, 2.45) is 0 Å². The van der Waals surface area contributed by atoms with E-state index in [0.29, 0.717) is 18.1 Å². The molecule has 2 N–H and O–H groups in total. The third-order valence-corrected chi connectivity index (χ3v) is 5.50. The summed E-state index contributed by atoms with van der Waals surface area (Å²) in [6.07, 6.45) is 1.45. The third kappa shape index (κ3) is 4.13. The van der Waals surface area contributed by atoms with E-state index in [1.54, 1.807) is 7.11 Å². The molecule has 0 radical (unpaired) electrons. The fraction of sp³-hybridized carbons (Fsp3) is 0.174. The van der Waals surface area contributed by atoms with E-state index in [0.717, 1.165) is 44.5 Å². The van der Waals surface area contributed by atoms with E-state index < -0.39 is 0 Å². The standard InChI is InChI=1S/C23H22BrN5O/c1-29(10-11-30-2)18-8-6-15(7-9-18)20-13-19(16-4-3-5-17(24)12-16)21-22(25)26-14-27-23(21)28-20/h3-9,12-14H,10-11H2,1-2H3,(H2,25,26,27,28). The molecule has 4 aromatic rings. The van der Waals surface area contributed by atoms with Gasteiger partial charge in [0, 0.05) is 36.4 Å². The molecule has 0 saturated heterocycles. The van der Waals surface area contributed by atoms with E-state index in [2.05, 4.69) is 61.1 Å². The minimum absolute atomic E-state index is 0.421. The Kier molecular flexibility index (Phi) is 5.92. The molecule has 2 aromatic heterocycles. The van der Waals surface area contributed by atoms with Gasteiger partial charge in [-0.15, -0.1) is 0 Å². The molecule has 0 fully saturated rings. The Hall–Kier alpha value is -3.03. The van der Waals surface area contributed by atoms with Gasteiger partial charge in [-0.3, -0.25) is 0 Å². The number of anilines is 2. The number of methoxy groups -OCH3 is 1. The van der Waals surface area contributed by atoms with Gasteiger partial charge in [0.25, 0.3) is 0 Å².